The molecule has 8 aromatic rings. The Morgan fingerprint density at radius 2 is 1.05 bits per heavy atom. The van der Waals surface area contributed by atoms with Crippen molar-refractivity contribution in [2.75, 3.05) is 23.0 Å². The monoisotopic (exact) mass is 1160 g/mol. The minimum atomic E-state index is -5.02. The third-order valence-electron chi connectivity index (χ3n) is 10.4. The number of hydrogen-bond donors (Lipinski definition) is 7. The number of azo groups is 2. The molecule has 0 atom stereocenters. The number of rotatable bonds is 17. The molecule has 0 aliphatic heterocycles. The summed E-state index contributed by atoms with van der Waals surface area (Å²) in [6, 6.07) is 22.6. The van der Waals surface area contributed by atoms with E-state index < -0.39 is 97.9 Å². The molecule has 27 nitrogen and oxygen atoms in total. The molecule has 1 aromatic heterocycles. The Morgan fingerprint density at radius 1 is 0.480 bits per heavy atom. The minimum absolute atomic E-state index is 0.0301. The van der Waals surface area contributed by atoms with Gasteiger partial charge in [0.15, 0.2) is 9.84 Å². The van der Waals surface area contributed by atoms with Crippen molar-refractivity contribution in [1.29, 1.82) is 0 Å². The van der Waals surface area contributed by atoms with Crippen molar-refractivity contribution in [3.63, 3.8) is 0 Å². The maximum absolute atomic E-state index is 12.8. The van der Waals surface area contributed by atoms with Gasteiger partial charge in [-0.1, -0.05) is 36.4 Å². The van der Waals surface area contributed by atoms with Crippen LogP contribution < -0.4 is 10.6 Å². The summed E-state index contributed by atoms with van der Waals surface area (Å²) in [5, 5.41) is 21.2. The molecule has 0 unspecified atom stereocenters. The van der Waals surface area contributed by atoms with Gasteiger partial charge in [0.25, 0.3) is 40.5 Å². The number of halogens is 1. The second-order valence-electron chi connectivity index (χ2n) is 15.3. The lowest BCUT2D eigenvalue weighted by molar-refractivity contribution is 0.284. The van der Waals surface area contributed by atoms with Crippen molar-refractivity contribution >= 4 is 151 Å². The van der Waals surface area contributed by atoms with Gasteiger partial charge in [-0.3, -0.25) is 22.8 Å². The van der Waals surface area contributed by atoms with Crippen LogP contribution in [0.3, 0.4) is 0 Å². The van der Waals surface area contributed by atoms with Gasteiger partial charge in [0.1, 0.15) is 14.7 Å². The van der Waals surface area contributed by atoms with Crippen LogP contribution in [-0.2, 0) is 64.9 Å². The fraction of sp³-hybridized carbons (Fsp3) is 0.0488. The molecule has 0 saturated carbocycles. The van der Waals surface area contributed by atoms with Gasteiger partial charge in [-0.2, -0.15) is 62.2 Å². The summed E-state index contributed by atoms with van der Waals surface area (Å²) in [5.41, 5.74) is -0.468. The highest BCUT2D eigenvalue weighted by Crippen LogP contribution is 2.41. The molecule has 0 amide bonds. The van der Waals surface area contributed by atoms with Crippen LogP contribution >= 0.6 is 11.6 Å². The molecular weight excluding hydrogens is 1130 g/mol. The van der Waals surface area contributed by atoms with E-state index in [2.05, 4.69) is 50.2 Å². The van der Waals surface area contributed by atoms with Gasteiger partial charge in [-0.25, -0.2) is 12.6 Å². The summed E-state index contributed by atoms with van der Waals surface area (Å²) < 4.78 is 200. The summed E-state index contributed by atoms with van der Waals surface area (Å²) in [7, 11) is -28.9. The van der Waals surface area contributed by atoms with Crippen LogP contribution in [0.4, 0.5) is 46.0 Å². The van der Waals surface area contributed by atoms with Crippen molar-refractivity contribution in [3.05, 3.63) is 121 Å². The third kappa shape index (κ3) is 12.5. The number of sulfone groups is 1. The highest BCUT2D eigenvalue weighted by molar-refractivity contribution is 7.91. The predicted molar refractivity (Wildman–Crippen MR) is 267 cm³/mol. The summed E-state index contributed by atoms with van der Waals surface area (Å²) in [5.74, 6) is -1.41. The maximum Gasteiger partial charge on any atom is 0.397 e. The van der Waals surface area contributed by atoms with Gasteiger partial charge in [-0.05, 0) is 90.5 Å². The number of nitrogens with zero attached hydrogens (tertiary/aromatic N) is 7. The molecule has 1 heterocycles. The number of nitrogens with one attached hydrogen (secondary N) is 2. The van der Waals surface area contributed by atoms with Gasteiger partial charge < -0.3 is 10.6 Å². The number of anilines is 4. The smallest absolute Gasteiger partial charge is 0.324 e. The highest BCUT2D eigenvalue weighted by Gasteiger charge is 2.24. The van der Waals surface area contributed by atoms with Crippen LogP contribution in [0.2, 0.25) is 5.28 Å². The Bertz CT molecular complexity index is 4480. The van der Waals surface area contributed by atoms with E-state index in [1.165, 1.54) is 66.7 Å². The van der Waals surface area contributed by atoms with E-state index in [9.17, 15) is 68.7 Å². The lowest BCUT2D eigenvalue weighted by Crippen LogP contribution is -2.15. The molecule has 390 valence electrons. The lowest BCUT2D eigenvalue weighted by atomic mass is 10.1. The van der Waals surface area contributed by atoms with Crippen molar-refractivity contribution < 1.29 is 77.5 Å². The molecule has 0 radical (unpaired) electrons. The van der Waals surface area contributed by atoms with E-state index in [1.807, 2.05) is 0 Å². The number of benzene rings is 7. The minimum Gasteiger partial charge on any atom is -0.324 e. The topological polar surface area (TPSA) is 427 Å². The Hall–Kier alpha value is -7.12. The van der Waals surface area contributed by atoms with Crippen molar-refractivity contribution in [2.45, 2.75) is 24.5 Å². The van der Waals surface area contributed by atoms with E-state index in [-0.39, 0.29) is 83.2 Å². The van der Waals surface area contributed by atoms with Crippen LogP contribution in [0.5, 0.6) is 0 Å². The molecule has 0 aliphatic rings. The Kier molecular flexibility index (Phi) is 14.6. The molecule has 0 bridgehead atoms. The molecule has 7 N–H and O–H groups in total. The first kappa shape index (κ1) is 54.2. The van der Waals surface area contributed by atoms with Gasteiger partial charge in [0.2, 0.25) is 17.2 Å². The second kappa shape index (κ2) is 20.2. The summed E-state index contributed by atoms with van der Waals surface area (Å²) >= 11 is 6.22. The molecular formula is C41H30ClN9O18S6. The van der Waals surface area contributed by atoms with E-state index in [1.54, 1.807) is 0 Å². The van der Waals surface area contributed by atoms with E-state index in [0.717, 1.165) is 48.5 Å². The van der Waals surface area contributed by atoms with Crippen molar-refractivity contribution in [1.82, 2.24) is 15.0 Å². The number of hydrogen-bond acceptors (Lipinski definition) is 22. The second-order valence-corrected chi connectivity index (χ2v) is 24.4. The molecule has 0 aliphatic carbocycles. The standard InChI is InChI=1S/C41H30ClN9O18S6/c42-39-45-40(43-22-4-1-5-24(18-22)70(52,53)17-16-69-75(66,67)68)47-41(46-39)44-34-15-14-32(28-7-3-9-36(38(28)34)73(60,61)62)50-51-33-13-12-31(26-11-10-25(21-29(26)33)71(54,55)56)49-48-23-19-30-27(37(20-23)74(63,64)65)6-2-8-35(30)72(57,58)59/h1-15,18-21H,16-17H2,(H,54,55,56)(H,57,58,59)(H,60,61,62)(H,63,64,65)(H,66,67,68)(H2,43,44,45,46,47). The summed E-state index contributed by atoms with van der Waals surface area (Å²) in [6.45, 7) is -0.880. The van der Waals surface area contributed by atoms with Crippen LogP contribution in [0.15, 0.2) is 160 Å². The van der Waals surface area contributed by atoms with Crippen LogP contribution in [0.1, 0.15) is 0 Å². The molecule has 0 saturated heterocycles. The first-order valence-electron chi connectivity index (χ1n) is 20.3. The zero-order valence-corrected chi connectivity index (χ0v) is 42.5. The Labute approximate surface area is 428 Å². The molecule has 75 heavy (non-hydrogen) atoms. The quantitative estimate of drug-likeness (QED) is 0.0336. The molecule has 7 aromatic carbocycles. The molecule has 8 rings (SSSR count). The van der Waals surface area contributed by atoms with Crippen molar-refractivity contribution in [3.8, 4) is 0 Å². The molecule has 34 heteroatoms. The largest absolute Gasteiger partial charge is 0.397 e. The van der Waals surface area contributed by atoms with Crippen LogP contribution in [0, 0.1) is 0 Å². The summed E-state index contributed by atoms with van der Waals surface area (Å²) in [6.07, 6.45) is 0. The Balaban J connectivity index is 1.16. The Morgan fingerprint density at radius 3 is 1.69 bits per heavy atom. The van der Waals surface area contributed by atoms with Gasteiger partial charge in [-0.15, -0.1) is 15.3 Å². The van der Waals surface area contributed by atoms with E-state index in [0.29, 0.717) is 0 Å². The van der Waals surface area contributed by atoms with E-state index >= 15 is 0 Å². The van der Waals surface area contributed by atoms with Gasteiger partial charge in [0.05, 0.1) is 50.6 Å². The van der Waals surface area contributed by atoms with Gasteiger partial charge in [0, 0.05) is 38.0 Å². The maximum atomic E-state index is 12.8. The van der Waals surface area contributed by atoms with Gasteiger partial charge >= 0.3 is 10.4 Å². The zero-order valence-electron chi connectivity index (χ0n) is 36.9. The average molecular weight is 1160 g/mol. The third-order valence-corrected chi connectivity index (χ3v) is 16.2. The molecule has 0 spiro atoms. The number of aromatic nitrogens is 3. The SMILES string of the molecule is O=S(=O)(O)OCCS(=O)(=O)c1cccc(Nc2nc(Cl)nc(Nc3ccc(N=Nc4ccc(N=Nc5cc(S(=O)(=O)O)c6cccc(S(=O)(=O)O)c6c5)c5ccc(S(=O)(=O)O)cc45)c4cccc(S(=O)(=O)O)c34)n2)c1. The summed E-state index contributed by atoms with van der Waals surface area (Å²) in [4.78, 5) is 9.21. The van der Waals surface area contributed by atoms with Crippen LogP contribution in [-0.4, -0.2) is 101 Å². The fourth-order valence-electron chi connectivity index (χ4n) is 7.27. The first-order valence-corrected chi connectivity index (χ1v) is 29.4. The van der Waals surface area contributed by atoms with Crippen molar-refractivity contribution in [2.24, 2.45) is 20.5 Å². The fourth-order valence-corrected chi connectivity index (χ4v) is 11.6. The highest BCUT2D eigenvalue weighted by atomic mass is 35.5. The predicted octanol–water partition coefficient (Wildman–Crippen LogP) is 7.88. The first-order chi connectivity index (χ1) is 34.9. The zero-order chi connectivity index (χ0) is 54.5. The lowest BCUT2D eigenvalue weighted by Gasteiger charge is -2.14. The normalized spacial score (nSPS) is 13.1. The molecule has 0 fully saturated rings. The number of fused-ring (bicyclic) bond motifs is 3. The van der Waals surface area contributed by atoms with E-state index in [4.69, 9.17) is 16.2 Å². The average Bonchev–Trinajstić information content (AvgIpc) is 3.31. The van der Waals surface area contributed by atoms with Crippen LogP contribution in [0.25, 0.3) is 32.3 Å².